The molecule has 0 saturated carbocycles. The van der Waals surface area contributed by atoms with Crippen molar-refractivity contribution in [3.05, 3.63) is 24.0 Å². The van der Waals surface area contributed by atoms with Crippen molar-refractivity contribution in [3.63, 3.8) is 0 Å². The first kappa shape index (κ1) is 15.2. The summed E-state index contributed by atoms with van der Waals surface area (Å²) in [5.41, 5.74) is 5.44. The van der Waals surface area contributed by atoms with Crippen LogP contribution in [0.15, 0.2) is 24.0 Å². The molecule has 4 nitrogen and oxygen atoms in total. The lowest BCUT2D eigenvalue weighted by atomic mass is 9.92. The van der Waals surface area contributed by atoms with E-state index in [4.69, 9.17) is 10.5 Å². The van der Waals surface area contributed by atoms with E-state index in [1.165, 1.54) is 0 Å². The molecule has 0 aromatic rings. The third kappa shape index (κ3) is 5.21. The summed E-state index contributed by atoms with van der Waals surface area (Å²) < 4.78 is 5.57. The average molecular weight is 255 g/mol. The van der Waals surface area contributed by atoms with E-state index in [0.717, 1.165) is 18.6 Å². The van der Waals surface area contributed by atoms with E-state index >= 15 is 0 Å². The maximum atomic E-state index is 9.89. The fourth-order valence-corrected chi connectivity index (χ4v) is 2.05. The van der Waals surface area contributed by atoms with Crippen molar-refractivity contribution in [1.82, 2.24) is 0 Å². The zero-order valence-electron chi connectivity index (χ0n) is 11.1. The van der Waals surface area contributed by atoms with Crippen LogP contribution in [0.2, 0.25) is 0 Å². The lowest BCUT2D eigenvalue weighted by molar-refractivity contribution is 0.0530. The van der Waals surface area contributed by atoms with Gasteiger partial charge in [0.1, 0.15) is 6.61 Å². The predicted molar refractivity (Wildman–Crippen MR) is 71.9 cm³/mol. The topological polar surface area (TPSA) is 75.7 Å². The second kappa shape index (κ2) is 8.29. The third-order valence-electron chi connectivity index (χ3n) is 3.12. The van der Waals surface area contributed by atoms with Gasteiger partial charge in [-0.1, -0.05) is 25.5 Å². The molecule has 4 N–H and O–H groups in total. The quantitative estimate of drug-likeness (QED) is 0.611. The first-order valence-electron chi connectivity index (χ1n) is 6.73. The molecule has 104 valence electrons. The highest BCUT2D eigenvalue weighted by Crippen LogP contribution is 2.24. The molecule has 18 heavy (non-hydrogen) atoms. The van der Waals surface area contributed by atoms with Crippen molar-refractivity contribution in [2.45, 2.75) is 44.8 Å². The van der Waals surface area contributed by atoms with Crippen LogP contribution in [0.25, 0.3) is 0 Å². The predicted octanol–water partition coefficient (Wildman–Crippen LogP) is 1.33. The number of hydrogen-bond donors (Lipinski definition) is 3. The number of aliphatic hydroxyl groups is 2. The van der Waals surface area contributed by atoms with Gasteiger partial charge in [0.2, 0.25) is 0 Å². The normalized spacial score (nSPS) is 22.4. The van der Waals surface area contributed by atoms with Gasteiger partial charge < -0.3 is 20.7 Å². The minimum absolute atomic E-state index is 0.0665. The van der Waals surface area contributed by atoms with E-state index in [9.17, 15) is 10.2 Å². The van der Waals surface area contributed by atoms with Gasteiger partial charge in [0, 0.05) is 12.3 Å². The number of allylic oxidation sites excluding steroid dienone is 3. The van der Waals surface area contributed by atoms with Crippen LogP contribution in [-0.4, -0.2) is 35.6 Å². The first-order chi connectivity index (χ1) is 8.67. The molecule has 0 radical (unpaired) electrons. The highest BCUT2D eigenvalue weighted by atomic mass is 16.5. The molecule has 1 aliphatic rings. The summed E-state index contributed by atoms with van der Waals surface area (Å²) in [6.07, 6.45) is 7.92. The Morgan fingerprint density at radius 1 is 1.44 bits per heavy atom. The van der Waals surface area contributed by atoms with Crippen molar-refractivity contribution < 1.29 is 14.9 Å². The summed E-state index contributed by atoms with van der Waals surface area (Å²) >= 11 is 0. The van der Waals surface area contributed by atoms with E-state index in [-0.39, 0.29) is 5.92 Å². The monoisotopic (exact) mass is 255 g/mol. The largest absolute Gasteiger partial charge is 0.495 e. The smallest absolute Gasteiger partial charge is 0.114 e. The molecule has 0 bridgehead atoms. The van der Waals surface area contributed by atoms with Gasteiger partial charge in [-0.2, -0.15) is 0 Å². The zero-order chi connectivity index (χ0) is 13.4. The summed E-state index contributed by atoms with van der Waals surface area (Å²) in [5.74, 6) is 0.894. The van der Waals surface area contributed by atoms with Gasteiger partial charge in [-0.15, -0.1) is 0 Å². The van der Waals surface area contributed by atoms with Crippen molar-refractivity contribution in [1.29, 1.82) is 0 Å². The Morgan fingerprint density at radius 3 is 2.89 bits per heavy atom. The van der Waals surface area contributed by atoms with Crippen LogP contribution in [0.1, 0.15) is 32.6 Å². The van der Waals surface area contributed by atoms with Crippen LogP contribution in [0.4, 0.5) is 0 Å². The highest BCUT2D eigenvalue weighted by Gasteiger charge is 2.20. The molecule has 4 heteroatoms. The van der Waals surface area contributed by atoms with Crippen molar-refractivity contribution in [2.75, 3.05) is 13.2 Å². The summed E-state index contributed by atoms with van der Waals surface area (Å²) in [4.78, 5) is 0. The van der Waals surface area contributed by atoms with Gasteiger partial charge in [-0.25, -0.2) is 0 Å². The molecule has 0 spiro atoms. The average Bonchev–Trinajstić information content (AvgIpc) is 2.37. The van der Waals surface area contributed by atoms with Crippen LogP contribution in [0, 0.1) is 5.92 Å². The fraction of sp³-hybridized carbons (Fsp3) is 0.714. The Hall–Kier alpha value is -0.840. The van der Waals surface area contributed by atoms with Crippen LogP contribution >= 0.6 is 0 Å². The SMILES string of the molecule is CCCC(O)COC1=CC=CC(C(O)CCN)C1. The minimum Gasteiger partial charge on any atom is -0.495 e. The van der Waals surface area contributed by atoms with Crippen molar-refractivity contribution in [2.24, 2.45) is 11.7 Å². The van der Waals surface area contributed by atoms with E-state index in [2.05, 4.69) is 0 Å². The van der Waals surface area contributed by atoms with E-state index in [1.807, 2.05) is 25.2 Å². The molecule has 0 amide bonds. The van der Waals surface area contributed by atoms with Crippen LogP contribution in [0.5, 0.6) is 0 Å². The molecule has 1 rings (SSSR count). The molecule has 3 atom stereocenters. The number of rotatable bonds is 8. The standard InChI is InChI=1S/C14H25NO3/c1-2-4-12(16)10-18-13-6-3-5-11(9-13)14(17)7-8-15/h3,5-6,11-12,14,16-17H,2,4,7-10,15H2,1H3. The molecule has 0 aliphatic heterocycles. The highest BCUT2D eigenvalue weighted by molar-refractivity contribution is 5.16. The maximum absolute atomic E-state index is 9.89. The molecule has 3 unspecified atom stereocenters. The summed E-state index contributed by atoms with van der Waals surface area (Å²) in [6.45, 7) is 2.85. The zero-order valence-corrected chi connectivity index (χ0v) is 11.1. The number of hydrogen-bond acceptors (Lipinski definition) is 4. The lowest BCUT2D eigenvalue weighted by Crippen LogP contribution is -2.24. The molecule has 0 aromatic heterocycles. The van der Waals surface area contributed by atoms with Gasteiger partial charge in [-0.05, 0) is 25.5 Å². The fourth-order valence-electron chi connectivity index (χ4n) is 2.05. The molecule has 1 aliphatic carbocycles. The molecule has 0 saturated heterocycles. The molecule has 0 heterocycles. The second-order valence-electron chi connectivity index (χ2n) is 4.78. The summed E-state index contributed by atoms with van der Waals surface area (Å²) in [7, 11) is 0. The van der Waals surface area contributed by atoms with Crippen molar-refractivity contribution in [3.8, 4) is 0 Å². The first-order valence-corrected chi connectivity index (χ1v) is 6.73. The van der Waals surface area contributed by atoms with Gasteiger partial charge in [-0.3, -0.25) is 0 Å². The number of ether oxygens (including phenoxy) is 1. The van der Waals surface area contributed by atoms with Crippen LogP contribution in [-0.2, 0) is 4.74 Å². The van der Waals surface area contributed by atoms with Crippen molar-refractivity contribution >= 4 is 0 Å². The lowest BCUT2D eigenvalue weighted by Gasteiger charge is -2.24. The summed E-state index contributed by atoms with van der Waals surface area (Å²) in [5, 5.41) is 19.5. The molecular formula is C14H25NO3. The Kier molecular flexibility index (Phi) is 7.01. The Labute approximate surface area is 109 Å². The Morgan fingerprint density at radius 2 is 2.22 bits per heavy atom. The number of aliphatic hydroxyl groups excluding tert-OH is 2. The summed E-state index contributed by atoms with van der Waals surface area (Å²) in [6, 6.07) is 0. The second-order valence-corrected chi connectivity index (χ2v) is 4.78. The minimum atomic E-state index is -0.417. The third-order valence-corrected chi connectivity index (χ3v) is 3.12. The Balaban J connectivity index is 2.35. The van der Waals surface area contributed by atoms with E-state index in [1.54, 1.807) is 0 Å². The maximum Gasteiger partial charge on any atom is 0.114 e. The molecule has 0 fully saturated rings. The Bertz CT molecular complexity index is 289. The van der Waals surface area contributed by atoms with Crippen LogP contribution in [0.3, 0.4) is 0 Å². The number of nitrogens with two attached hydrogens (primary N) is 1. The molecular weight excluding hydrogens is 230 g/mol. The van der Waals surface area contributed by atoms with Gasteiger partial charge in [0.05, 0.1) is 18.0 Å². The van der Waals surface area contributed by atoms with Gasteiger partial charge >= 0.3 is 0 Å². The van der Waals surface area contributed by atoms with Gasteiger partial charge in [0.25, 0.3) is 0 Å². The molecule has 0 aromatic carbocycles. The van der Waals surface area contributed by atoms with Crippen LogP contribution < -0.4 is 5.73 Å². The van der Waals surface area contributed by atoms with E-state index in [0.29, 0.717) is 26.0 Å². The van der Waals surface area contributed by atoms with Gasteiger partial charge in [0.15, 0.2) is 0 Å². The van der Waals surface area contributed by atoms with E-state index < -0.39 is 12.2 Å².